The molecular formula is C32H46F3N3. The summed E-state index contributed by atoms with van der Waals surface area (Å²) in [6.45, 7) is 12.5. The fraction of sp³-hybridized carbons (Fsp3) is 0.594. The molecule has 0 aromatic carbocycles. The molecule has 1 heterocycles. The topological polar surface area (TPSA) is 18.5 Å². The number of likely N-dealkylation sites (N-methyl/N-ethyl adjacent to an activating group) is 1. The van der Waals surface area contributed by atoms with Crippen molar-refractivity contribution in [3.8, 4) is 12.5 Å². The lowest BCUT2D eigenvalue weighted by atomic mass is 9.72. The van der Waals surface area contributed by atoms with Gasteiger partial charge in [-0.3, -0.25) is 0 Å². The quantitative estimate of drug-likeness (QED) is 0.0733. The molecule has 0 aromatic heterocycles. The Morgan fingerprint density at radius 2 is 2.05 bits per heavy atom. The SMILES string of the molecule is C#CN/C(=C1/C=C(CC(F)(F)CF)C=C=CC1)N1CC(CCCCC)(CCN(C)C/C(C=C)=C(\C)CC)C1. The van der Waals surface area contributed by atoms with Crippen LogP contribution in [0.15, 0.2) is 64.7 Å². The van der Waals surface area contributed by atoms with Gasteiger partial charge < -0.3 is 15.1 Å². The van der Waals surface area contributed by atoms with E-state index in [-0.39, 0.29) is 5.41 Å². The van der Waals surface area contributed by atoms with Crippen LogP contribution in [-0.4, -0.2) is 55.6 Å². The summed E-state index contributed by atoms with van der Waals surface area (Å²) in [6, 6.07) is 2.53. The van der Waals surface area contributed by atoms with Crippen LogP contribution in [0.25, 0.3) is 0 Å². The van der Waals surface area contributed by atoms with E-state index in [4.69, 9.17) is 6.42 Å². The lowest BCUT2D eigenvalue weighted by Gasteiger charge is -2.53. The molecule has 0 atom stereocenters. The van der Waals surface area contributed by atoms with Crippen molar-refractivity contribution in [3.63, 3.8) is 0 Å². The van der Waals surface area contributed by atoms with Crippen LogP contribution in [-0.2, 0) is 0 Å². The molecule has 1 aliphatic heterocycles. The van der Waals surface area contributed by atoms with Crippen molar-refractivity contribution in [1.29, 1.82) is 0 Å². The monoisotopic (exact) mass is 529 g/mol. The first kappa shape index (κ1) is 31.6. The molecule has 0 saturated carbocycles. The summed E-state index contributed by atoms with van der Waals surface area (Å²) in [4.78, 5) is 4.61. The molecule has 1 aliphatic carbocycles. The second-order valence-corrected chi connectivity index (χ2v) is 10.9. The Morgan fingerprint density at radius 1 is 1.32 bits per heavy atom. The summed E-state index contributed by atoms with van der Waals surface area (Å²) < 4.78 is 40.4. The van der Waals surface area contributed by atoms with Gasteiger partial charge in [-0.15, -0.1) is 5.73 Å². The van der Waals surface area contributed by atoms with Gasteiger partial charge >= 0.3 is 0 Å². The molecule has 1 saturated heterocycles. The third kappa shape index (κ3) is 9.29. The van der Waals surface area contributed by atoms with Gasteiger partial charge in [-0.05, 0) is 68.6 Å². The van der Waals surface area contributed by atoms with E-state index in [9.17, 15) is 13.2 Å². The van der Waals surface area contributed by atoms with E-state index in [2.05, 4.69) is 61.3 Å². The number of hydrogen-bond acceptors (Lipinski definition) is 3. The summed E-state index contributed by atoms with van der Waals surface area (Å²) in [5.41, 5.74) is 6.96. The lowest BCUT2D eigenvalue weighted by Crippen LogP contribution is -2.58. The molecule has 3 nitrogen and oxygen atoms in total. The number of alkyl halides is 3. The van der Waals surface area contributed by atoms with Crippen LogP contribution in [0, 0.1) is 17.9 Å². The average molecular weight is 530 g/mol. The fourth-order valence-electron chi connectivity index (χ4n) is 5.21. The van der Waals surface area contributed by atoms with Crippen LogP contribution < -0.4 is 5.32 Å². The molecular weight excluding hydrogens is 483 g/mol. The maximum Gasteiger partial charge on any atom is 0.279 e. The highest BCUT2D eigenvalue weighted by molar-refractivity contribution is 5.38. The third-order valence-corrected chi connectivity index (χ3v) is 7.69. The van der Waals surface area contributed by atoms with Crippen LogP contribution in [0.3, 0.4) is 0 Å². The maximum absolute atomic E-state index is 13.8. The van der Waals surface area contributed by atoms with Crippen LogP contribution in [0.1, 0.15) is 72.1 Å². The molecule has 0 bridgehead atoms. The van der Waals surface area contributed by atoms with Crippen LogP contribution in [0.2, 0.25) is 0 Å². The first-order valence-electron chi connectivity index (χ1n) is 13.9. The Bertz CT molecular complexity index is 999. The number of rotatable bonds is 16. The van der Waals surface area contributed by atoms with Crippen LogP contribution in [0.4, 0.5) is 13.2 Å². The first-order chi connectivity index (χ1) is 18.1. The molecule has 2 aliphatic rings. The molecule has 0 amide bonds. The fourth-order valence-corrected chi connectivity index (χ4v) is 5.21. The van der Waals surface area contributed by atoms with Gasteiger partial charge in [0.25, 0.3) is 5.92 Å². The Hall–Kier alpha value is -2.61. The minimum atomic E-state index is -3.40. The van der Waals surface area contributed by atoms with E-state index in [1.54, 1.807) is 12.2 Å². The summed E-state index contributed by atoms with van der Waals surface area (Å²) in [6.07, 6.45) is 19.3. The zero-order valence-corrected chi connectivity index (χ0v) is 23.8. The Balaban J connectivity index is 2.21. The number of nitrogens with zero attached hydrogens (tertiary/aromatic N) is 2. The van der Waals surface area contributed by atoms with Crippen molar-refractivity contribution in [3.05, 3.63) is 64.7 Å². The Morgan fingerprint density at radius 3 is 2.66 bits per heavy atom. The van der Waals surface area contributed by atoms with Gasteiger partial charge in [-0.2, -0.15) is 0 Å². The molecule has 1 N–H and O–H groups in total. The van der Waals surface area contributed by atoms with E-state index < -0.39 is 19.0 Å². The van der Waals surface area contributed by atoms with Crippen molar-refractivity contribution in [2.75, 3.05) is 39.9 Å². The summed E-state index contributed by atoms with van der Waals surface area (Å²) in [7, 11) is 2.17. The van der Waals surface area contributed by atoms with Gasteiger partial charge in [0, 0.05) is 43.9 Å². The standard InChI is InChI=1S/C32H46F3N3/c1-7-11-14-17-31(18-19-37(6)22-28(9-3)26(5)8-2)24-38(25-31)30(36-10-4)29-16-13-12-15-27(20-29)21-32(34,35)23-33/h4,9,13,15,20,36H,3,7-8,11,14,16-19,21-25H2,1-2,5-6H3/b28-26+,30-29-. The molecule has 210 valence electrons. The van der Waals surface area contributed by atoms with Gasteiger partial charge in [0.05, 0.1) is 0 Å². The molecule has 0 spiro atoms. The zero-order valence-electron chi connectivity index (χ0n) is 23.8. The minimum absolute atomic E-state index is 0.177. The van der Waals surface area contributed by atoms with Gasteiger partial charge in [-0.1, -0.05) is 63.8 Å². The Kier molecular flexibility index (Phi) is 12.6. The first-order valence-corrected chi connectivity index (χ1v) is 13.9. The molecule has 1 fully saturated rings. The number of hydrogen-bond donors (Lipinski definition) is 1. The molecule has 6 heteroatoms. The molecule has 38 heavy (non-hydrogen) atoms. The lowest BCUT2D eigenvalue weighted by molar-refractivity contribution is -0.0208. The smallest absolute Gasteiger partial charge is 0.279 e. The molecule has 0 unspecified atom stereocenters. The predicted octanol–water partition coefficient (Wildman–Crippen LogP) is 7.53. The van der Waals surface area contributed by atoms with Crippen LogP contribution in [0.5, 0.6) is 0 Å². The highest BCUT2D eigenvalue weighted by Gasteiger charge is 2.43. The largest absolute Gasteiger partial charge is 0.356 e. The number of halogens is 3. The summed E-state index contributed by atoms with van der Waals surface area (Å²) in [5, 5.41) is 3.04. The average Bonchev–Trinajstić information content (AvgIpc) is 3.11. The normalized spacial score (nSPS) is 18.8. The predicted molar refractivity (Wildman–Crippen MR) is 153 cm³/mol. The van der Waals surface area contributed by atoms with Crippen LogP contribution >= 0.6 is 0 Å². The van der Waals surface area contributed by atoms with E-state index in [0.29, 0.717) is 12.0 Å². The van der Waals surface area contributed by atoms with Crippen molar-refractivity contribution in [2.24, 2.45) is 5.41 Å². The minimum Gasteiger partial charge on any atom is -0.356 e. The van der Waals surface area contributed by atoms with E-state index in [0.717, 1.165) is 56.8 Å². The second kappa shape index (κ2) is 15.1. The number of nitrogens with one attached hydrogen (secondary N) is 1. The van der Waals surface area contributed by atoms with Crippen molar-refractivity contribution in [1.82, 2.24) is 15.1 Å². The number of allylic oxidation sites excluding steroid dienone is 5. The highest BCUT2D eigenvalue weighted by Crippen LogP contribution is 2.42. The number of unbranched alkanes of at least 4 members (excludes halogenated alkanes) is 2. The van der Waals surface area contributed by atoms with Gasteiger partial charge in [0.1, 0.15) is 5.82 Å². The van der Waals surface area contributed by atoms with Gasteiger partial charge in [0.15, 0.2) is 6.67 Å². The number of likely N-dealkylation sites (tertiary alicyclic amines) is 1. The molecule has 2 rings (SSSR count). The van der Waals surface area contributed by atoms with E-state index >= 15 is 0 Å². The van der Waals surface area contributed by atoms with Crippen molar-refractivity contribution in [2.45, 2.75) is 78.1 Å². The van der Waals surface area contributed by atoms with E-state index in [1.165, 1.54) is 36.5 Å². The molecule has 0 aromatic rings. The van der Waals surface area contributed by atoms with Gasteiger partial charge in [0.2, 0.25) is 0 Å². The second-order valence-electron chi connectivity index (χ2n) is 10.9. The highest BCUT2D eigenvalue weighted by atomic mass is 19.3. The summed E-state index contributed by atoms with van der Waals surface area (Å²) in [5.74, 6) is -2.62. The maximum atomic E-state index is 13.8. The van der Waals surface area contributed by atoms with Crippen molar-refractivity contribution < 1.29 is 13.2 Å². The number of terminal acetylenes is 1. The Labute approximate surface area is 228 Å². The van der Waals surface area contributed by atoms with Gasteiger partial charge in [-0.25, -0.2) is 13.2 Å². The zero-order chi connectivity index (χ0) is 28.2. The third-order valence-electron chi connectivity index (χ3n) is 7.69. The van der Waals surface area contributed by atoms with Crippen molar-refractivity contribution >= 4 is 0 Å². The van der Waals surface area contributed by atoms with E-state index in [1.807, 2.05) is 6.08 Å². The summed E-state index contributed by atoms with van der Waals surface area (Å²) >= 11 is 0. The molecule has 0 radical (unpaired) electrons.